The van der Waals surface area contributed by atoms with Gasteiger partial charge in [0.2, 0.25) is 0 Å². The van der Waals surface area contributed by atoms with Crippen LogP contribution in [-0.2, 0) is 9.53 Å². The van der Waals surface area contributed by atoms with Crippen molar-refractivity contribution in [3.63, 3.8) is 0 Å². The minimum absolute atomic E-state index is 0.0785. The molecule has 1 aliphatic carbocycles. The molecule has 9 heteroatoms. The lowest BCUT2D eigenvalue weighted by Gasteiger charge is -2.35. The zero-order chi connectivity index (χ0) is 19.5. The predicted molar refractivity (Wildman–Crippen MR) is 103 cm³/mol. The molecule has 3 saturated heterocycles. The largest absolute Gasteiger partial charge is 0.480 e. The number of carboxylic acid groups (broad SMARTS) is 1. The third kappa shape index (κ3) is 5.34. The number of carbonyl (C=O) groups is 2. The number of ether oxygens (including phenoxy) is 1. The van der Waals surface area contributed by atoms with Crippen LogP contribution in [0.15, 0.2) is 0 Å². The number of hydrogen-bond donors (Lipinski definition) is 1. The maximum absolute atomic E-state index is 12.2. The Morgan fingerprint density at radius 1 is 0.929 bits per heavy atom. The fourth-order valence-electron chi connectivity index (χ4n) is 4.52. The van der Waals surface area contributed by atoms with Crippen LogP contribution >= 0.6 is 0 Å². The Bertz CT molecular complexity index is 557. The Hall–Kier alpha value is -1.42. The van der Waals surface area contributed by atoms with E-state index in [1.54, 1.807) is 0 Å². The molecule has 28 heavy (non-hydrogen) atoms. The summed E-state index contributed by atoms with van der Waals surface area (Å²) in [6.45, 7) is 10.9. The summed E-state index contributed by atoms with van der Waals surface area (Å²) in [7, 11) is 0. The van der Waals surface area contributed by atoms with Crippen molar-refractivity contribution in [3.8, 4) is 0 Å². The molecule has 0 aromatic rings. The smallest absolute Gasteiger partial charge is 0.410 e. The minimum atomic E-state index is -0.775. The molecule has 0 aromatic heterocycles. The molecule has 1 saturated carbocycles. The Morgan fingerprint density at radius 2 is 1.57 bits per heavy atom. The number of hydrogen-bond acceptors (Lipinski definition) is 7. The third-order valence-electron chi connectivity index (χ3n) is 6.39. The van der Waals surface area contributed by atoms with Gasteiger partial charge in [0.15, 0.2) is 0 Å². The van der Waals surface area contributed by atoms with Gasteiger partial charge in [0.25, 0.3) is 0 Å². The zero-order valence-corrected chi connectivity index (χ0v) is 16.7. The highest BCUT2D eigenvalue weighted by Gasteiger charge is 2.34. The monoisotopic (exact) mass is 395 g/mol. The number of aliphatic carboxylic acids is 1. The molecule has 4 aliphatic rings. The molecule has 1 unspecified atom stereocenters. The van der Waals surface area contributed by atoms with Crippen molar-refractivity contribution >= 4 is 12.1 Å². The second-order valence-corrected chi connectivity index (χ2v) is 8.53. The Morgan fingerprint density at radius 3 is 2.21 bits per heavy atom. The van der Waals surface area contributed by atoms with Crippen LogP contribution in [-0.4, -0.2) is 139 Å². The van der Waals surface area contributed by atoms with Crippen LogP contribution in [0.4, 0.5) is 4.79 Å². The summed E-state index contributed by atoms with van der Waals surface area (Å²) in [5, 5.41) is 8.88. The van der Waals surface area contributed by atoms with E-state index in [-0.39, 0.29) is 18.7 Å². The van der Waals surface area contributed by atoms with Gasteiger partial charge in [-0.3, -0.25) is 24.4 Å². The van der Waals surface area contributed by atoms with Crippen molar-refractivity contribution < 1.29 is 19.4 Å². The summed E-state index contributed by atoms with van der Waals surface area (Å²) in [5.74, 6) is -0.775. The van der Waals surface area contributed by atoms with Gasteiger partial charge in [0.05, 0.1) is 13.1 Å². The standard InChI is InChI=1S/C19H33N5O4/c25-18(26)15-22-5-3-21(4-6-22)13-17-14-24(19(27)28-17)12-9-20-7-10-23(11-8-20)16-1-2-16/h16-17H,1-15H2,(H,25,26). The van der Waals surface area contributed by atoms with E-state index in [1.807, 2.05) is 9.80 Å². The third-order valence-corrected chi connectivity index (χ3v) is 6.39. The number of carboxylic acids is 1. The van der Waals surface area contributed by atoms with Crippen LogP contribution in [0.2, 0.25) is 0 Å². The molecule has 0 aromatic carbocycles. The van der Waals surface area contributed by atoms with Crippen molar-refractivity contribution in [3.05, 3.63) is 0 Å². The molecule has 9 nitrogen and oxygen atoms in total. The van der Waals surface area contributed by atoms with Crippen molar-refractivity contribution in [2.75, 3.05) is 85.1 Å². The van der Waals surface area contributed by atoms with Gasteiger partial charge >= 0.3 is 12.1 Å². The minimum Gasteiger partial charge on any atom is -0.480 e. The lowest BCUT2D eigenvalue weighted by Crippen LogP contribution is -2.50. The van der Waals surface area contributed by atoms with Crippen LogP contribution in [0.5, 0.6) is 0 Å². The first-order chi connectivity index (χ1) is 13.6. The molecule has 0 bridgehead atoms. The lowest BCUT2D eigenvalue weighted by molar-refractivity contribution is -0.138. The summed E-state index contributed by atoms with van der Waals surface area (Å²) in [6, 6.07) is 0.850. The predicted octanol–water partition coefficient (Wildman–Crippen LogP) is -0.711. The van der Waals surface area contributed by atoms with Gasteiger partial charge in [-0.15, -0.1) is 0 Å². The summed E-state index contributed by atoms with van der Waals surface area (Å²) in [6.07, 6.45) is 2.47. The number of carbonyl (C=O) groups excluding carboxylic acids is 1. The van der Waals surface area contributed by atoms with Crippen molar-refractivity contribution in [1.82, 2.24) is 24.5 Å². The molecule has 4 rings (SSSR count). The fraction of sp³-hybridized carbons (Fsp3) is 0.895. The molecule has 3 heterocycles. The lowest BCUT2D eigenvalue weighted by atomic mass is 10.2. The van der Waals surface area contributed by atoms with E-state index >= 15 is 0 Å². The van der Waals surface area contributed by atoms with E-state index < -0.39 is 5.97 Å². The Labute approximate surface area is 166 Å². The maximum Gasteiger partial charge on any atom is 0.410 e. The number of amides is 1. The van der Waals surface area contributed by atoms with Crippen LogP contribution in [0.3, 0.4) is 0 Å². The van der Waals surface area contributed by atoms with Gasteiger partial charge < -0.3 is 14.7 Å². The van der Waals surface area contributed by atoms with E-state index in [0.717, 1.165) is 78.0 Å². The molecule has 4 fully saturated rings. The quantitative estimate of drug-likeness (QED) is 0.577. The van der Waals surface area contributed by atoms with E-state index in [0.29, 0.717) is 6.54 Å². The second-order valence-electron chi connectivity index (χ2n) is 8.53. The fourth-order valence-corrected chi connectivity index (χ4v) is 4.52. The first kappa shape index (κ1) is 19.9. The molecule has 158 valence electrons. The summed E-state index contributed by atoms with van der Waals surface area (Å²) in [4.78, 5) is 34.1. The topological polar surface area (TPSA) is 79.8 Å². The summed E-state index contributed by atoms with van der Waals surface area (Å²) >= 11 is 0. The highest BCUT2D eigenvalue weighted by molar-refractivity contribution is 5.70. The molecule has 3 aliphatic heterocycles. The first-order valence-electron chi connectivity index (χ1n) is 10.7. The summed E-state index contributed by atoms with van der Waals surface area (Å²) in [5.41, 5.74) is 0. The molecule has 0 radical (unpaired) electrons. The van der Waals surface area contributed by atoms with Crippen molar-refractivity contribution in [1.29, 1.82) is 0 Å². The van der Waals surface area contributed by atoms with Crippen LogP contribution in [0, 0.1) is 0 Å². The SMILES string of the molecule is O=C(O)CN1CCN(CC2CN(CCN3CCN(C4CC4)CC3)C(=O)O2)CC1. The van der Waals surface area contributed by atoms with E-state index in [9.17, 15) is 9.59 Å². The molecular formula is C19H33N5O4. The number of rotatable bonds is 8. The van der Waals surface area contributed by atoms with Crippen LogP contribution in [0.1, 0.15) is 12.8 Å². The maximum atomic E-state index is 12.2. The number of cyclic esters (lactones) is 1. The van der Waals surface area contributed by atoms with E-state index in [1.165, 1.54) is 12.8 Å². The van der Waals surface area contributed by atoms with Gasteiger partial charge in [-0.2, -0.15) is 0 Å². The van der Waals surface area contributed by atoms with Gasteiger partial charge in [-0.25, -0.2) is 4.79 Å². The molecular weight excluding hydrogens is 362 g/mol. The zero-order valence-electron chi connectivity index (χ0n) is 16.7. The van der Waals surface area contributed by atoms with Crippen LogP contribution < -0.4 is 0 Å². The molecule has 1 N–H and O–H groups in total. The highest BCUT2D eigenvalue weighted by atomic mass is 16.6. The number of nitrogens with zero attached hydrogens (tertiary/aromatic N) is 5. The normalized spacial score (nSPS) is 28.6. The van der Waals surface area contributed by atoms with E-state index in [4.69, 9.17) is 9.84 Å². The molecule has 0 spiro atoms. The number of piperazine rings is 2. The second kappa shape index (κ2) is 8.94. The van der Waals surface area contributed by atoms with Gasteiger partial charge in [-0.05, 0) is 12.8 Å². The highest BCUT2D eigenvalue weighted by Crippen LogP contribution is 2.27. The van der Waals surface area contributed by atoms with Crippen LogP contribution in [0.25, 0.3) is 0 Å². The Kier molecular flexibility index (Phi) is 6.35. The van der Waals surface area contributed by atoms with Crippen molar-refractivity contribution in [2.45, 2.75) is 25.0 Å². The van der Waals surface area contributed by atoms with Gasteiger partial charge in [0, 0.05) is 78.0 Å². The van der Waals surface area contributed by atoms with E-state index in [2.05, 4.69) is 14.7 Å². The van der Waals surface area contributed by atoms with Gasteiger partial charge in [-0.1, -0.05) is 0 Å². The first-order valence-corrected chi connectivity index (χ1v) is 10.7. The Balaban J connectivity index is 1.13. The molecule has 1 amide bonds. The average Bonchev–Trinajstić information content (AvgIpc) is 3.46. The van der Waals surface area contributed by atoms with Gasteiger partial charge in [0.1, 0.15) is 6.10 Å². The van der Waals surface area contributed by atoms with Crippen molar-refractivity contribution in [2.24, 2.45) is 0 Å². The molecule has 1 atom stereocenters. The summed E-state index contributed by atoms with van der Waals surface area (Å²) < 4.78 is 5.58. The average molecular weight is 396 g/mol.